The summed E-state index contributed by atoms with van der Waals surface area (Å²) in [6.07, 6.45) is 7.28. The number of cyclic esters (lactones) is 1. The Bertz CT molecular complexity index is 1630. The summed E-state index contributed by atoms with van der Waals surface area (Å²) < 4.78 is 18.9. The molecule has 11 nitrogen and oxygen atoms in total. The minimum Gasteiger partial charge on any atom is -0.497 e. The quantitative estimate of drug-likeness (QED) is 0.216. The molecule has 2 fully saturated rings. The molecule has 0 unspecified atom stereocenters. The number of fused-ring (bicyclic) bond motifs is 2. The van der Waals surface area contributed by atoms with Crippen molar-refractivity contribution >= 4 is 45.3 Å². The number of amides is 3. The Morgan fingerprint density at radius 1 is 0.960 bits per heavy atom. The third-order valence-electron chi connectivity index (χ3n) is 10.1. The number of benzene rings is 2. The molecule has 2 aromatic rings. The van der Waals surface area contributed by atoms with E-state index in [-0.39, 0.29) is 43.8 Å². The average Bonchev–Trinajstić information content (AvgIpc) is 3.71. The SMILES string of the molecule is COc1ccc(N2C/C=C\CCC(=O)N[C@H](C)[C@@H](c3ccccc3)OC(=O)[C@@H]3[C@H]4O[C@@]5(C=C4Br)[C@H](C2=O)N(CCCCCCO)C(=O)[C@@H]35)cc1. The van der Waals surface area contributed by atoms with Gasteiger partial charge in [-0.2, -0.15) is 0 Å². The lowest BCUT2D eigenvalue weighted by atomic mass is 9.74. The standard InChI is InChI=1S/C38H44BrN3O8/c1-24-32(25-13-7-5-8-14-25)49-37(47)30-31-35(45)42(21-10-3-4-12-22-43)34(38(31)23-28(39)33(30)50-38)36(46)41(20-11-6-9-15-29(44)40-24)26-16-18-27(48-2)19-17-26/h5-8,11,13-14,16-19,23-24,30-34,43H,3-4,9-10,12,15,20-22H2,1-2H3,(H,40,44)/b11-6-/t24-,30+,31-,32+,33+,34+,38-/m1/s1. The highest BCUT2D eigenvalue weighted by molar-refractivity contribution is 9.11. The van der Waals surface area contributed by atoms with E-state index in [0.29, 0.717) is 40.7 Å². The molecule has 50 heavy (non-hydrogen) atoms. The summed E-state index contributed by atoms with van der Waals surface area (Å²) in [5.74, 6) is -2.94. The van der Waals surface area contributed by atoms with Crippen molar-refractivity contribution in [2.24, 2.45) is 11.8 Å². The second kappa shape index (κ2) is 15.5. The van der Waals surface area contributed by atoms with Crippen molar-refractivity contribution < 1.29 is 38.5 Å². The molecule has 266 valence electrons. The van der Waals surface area contributed by atoms with E-state index in [2.05, 4.69) is 21.2 Å². The van der Waals surface area contributed by atoms with Gasteiger partial charge in [0.1, 0.15) is 35.5 Å². The van der Waals surface area contributed by atoms with Crippen LogP contribution in [0.25, 0.3) is 0 Å². The van der Waals surface area contributed by atoms with Crippen molar-refractivity contribution in [2.75, 3.05) is 31.7 Å². The van der Waals surface area contributed by atoms with Gasteiger partial charge in [0.05, 0.1) is 19.1 Å². The Balaban J connectivity index is 1.43. The van der Waals surface area contributed by atoms with Crippen LogP contribution in [0.15, 0.2) is 77.3 Å². The lowest BCUT2D eigenvalue weighted by Gasteiger charge is -2.36. The van der Waals surface area contributed by atoms with Crippen LogP contribution >= 0.6 is 15.9 Å². The maximum atomic E-state index is 15.0. The molecule has 4 aliphatic rings. The summed E-state index contributed by atoms with van der Waals surface area (Å²) in [7, 11) is 1.57. The van der Waals surface area contributed by atoms with Crippen molar-refractivity contribution in [2.45, 2.75) is 75.3 Å². The molecule has 4 heterocycles. The topological polar surface area (TPSA) is 135 Å². The molecule has 5 bridgehead atoms. The summed E-state index contributed by atoms with van der Waals surface area (Å²) in [6, 6.07) is 14.7. The van der Waals surface area contributed by atoms with Crippen LogP contribution in [0.1, 0.15) is 57.1 Å². The van der Waals surface area contributed by atoms with Crippen LogP contribution in [-0.4, -0.2) is 84.3 Å². The number of likely N-dealkylation sites (tertiary alicyclic amines) is 1. The second-order valence-corrected chi connectivity index (χ2v) is 14.2. The number of hydrogen-bond donors (Lipinski definition) is 2. The lowest BCUT2D eigenvalue weighted by molar-refractivity contribution is -0.161. The Morgan fingerprint density at radius 2 is 1.70 bits per heavy atom. The van der Waals surface area contributed by atoms with Gasteiger partial charge in [-0.1, -0.05) is 71.3 Å². The van der Waals surface area contributed by atoms with Gasteiger partial charge < -0.3 is 34.4 Å². The van der Waals surface area contributed by atoms with Gasteiger partial charge in [0.2, 0.25) is 11.8 Å². The van der Waals surface area contributed by atoms with E-state index < -0.39 is 47.7 Å². The molecular formula is C38H44BrN3O8. The summed E-state index contributed by atoms with van der Waals surface area (Å²) in [5, 5.41) is 12.3. The first kappa shape index (κ1) is 35.8. The average molecular weight is 751 g/mol. The second-order valence-electron chi connectivity index (χ2n) is 13.3. The predicted molar refractivity (Wildman–Crippen MR) is 189 cm³/mol. The van der Waals surface area contributed by atoms with Gasteiger partial charge in [-0.15, -0.1) is 0 Å². The Kier molecular flexibility index (Phi) is 11.1. The number of aliphatic hydroxyl groups excluding tert-OH is 1. The maximum absolute atomic E-state index is 15.0. The zero-order valence-electron chi connectivity index (χ0n) is 28.3. The molecule has 4 aliphatic heterocycles. The molecular weight excluding hydrogens is 706 g/mol. The molecule has 0 aliphatic carbocycles. The largest absolute Gasteiger partial charge is 0.497 e. The number of aliphatic hydroxyl groups is 1. The fourth-order valence-corrected chi connectivity index (χ4v) is 8.44. The molecule has 6 rings (SSSR count). The summed E-state index contributed by atoms with van der Waals surface area (Å²) in [6.45, 7) is 2.34. The zero-order valence-corrected chi connectivity index (χ0v) is 29.9. The molecule has 0 aromatic heterocycles. The summed E-state index contributed by atoms with van der Waals surface area (Å²) in [4.78, 5) is 60.3. The van der Waals surface area contributed by atoms with E-state index >= 15 is 4.79 Å². The number of unbranched alkanes of at least 4 members (excludes halogenated alkanes) is 3. The fourth-order valence-electron chi connectivity index (χ4n) is 7.71. The van der Waals surface area contributed by atoms with E-state index in [1.165, 1.54) is 0 Å². The molecule has 1 spiro atoms. The van der Waals surface area contributed by atoms with E-state index in [1.807, 2.05) is 42.5 Å². The van der Waals surface area contributed by atoms with E-state index in [9.17, 15) is 19.5 Å². The molecule has 0 saturated carbocycles. The highest BCUT2D eigenvalue weighted by atomic mass is 79.9. The van der Waals surface area contributed by atoms with Gasteiger partial charge in [0.15, 0.2) is 0 Å². The number of anilines is 1. The third kappa shape index (κ3) is 6.85. The van der Waals surface area contributed by atoms with Gasteiger partial charge in [0, 0.05) is 36.3 Å². The number of nitrogens with zero attached hydrogens (tertiary/aromatic N) is 2. The molecule has 7 atom stereocenters. The van der Waals surface area contributed by atoms with Crippen LogP contribution in [-0.2, 0) is 28.7 Å². The van der Waals surface area contributed by atoms with Gasteiger partial charge in [-0.25, -0.2) is 0 Å². The number of carbonyl (C=O) groups is 4. The monoisotopic (exact) mass is 749 g/mol. The highest BCUT2D eigenvalue weighted by Crippen LogP contribution is 2.59. The summed E-state index contributed by atoms with van der Waals surface area (Å²) in [5.41, 5.74) is -0.126. The smallest absolute Gasteiger partial charge is 0.313 e. The van der Waals surface area contributed by atoms with Gasteiger partial charge in [-0.3, -0.25) is 19.2 Å². The number of halogens is 1. The molecule has 2 aromatic carbocycles. The van der Waals surface area contributed by atoms with Gasteiger partial charge >= 0.3 is 5.97 Å². The first-order chi connectivity index (χ1) is 24.2. The van der Waals surface area contributed by atoms with E-state index in [4.69, 9.17) is 14.2 Å². The molecule has 2 saturated heterocycles. The van der Waals surface area contributed by atoms with Gasteiger partial charge in [0.25, 0.3) is 5.91 Å². The molecule has 0 radical (unpaired) electrons. The number of carbonyl (C=O) groups excluding carboxylic acids is 4. The van der Waals surface area contributed by atoms with Crippen LogP contribution in [0.5, 0.6) is 5.75 Å². The highest BCUT2D eigenvalue weighted by Gasteiger charge is 2.75. The Morgan fingerprint density at radius 3 is 2.42 bits per heavy atom. The number of esters is 1. The van der Waals surface area contributed by atoms with Crippen LogP contribution in [0, 0.1) is 11.8 Å². The fraction of sp³-hybridized carbons (Fsp3) is 0.474. The zero-order chi connectivity index (χ0) is 35.4. The third-order valence-corrected chi connectivity index (χ3v) is 10.8. The minimum atomic E-state index is -1.42. The van der Waals surface area contributed by atoms with Crippen molar-refractivity contribution in [3.05, 3.63) is 82.9 Å². The Labute approximate surface area is 300 Å². The predicted octanol–water partition coefficient (Wildman–Crippen LogP) is 4.59. The summed E-state index contributed by atoms with van der Waals surface area (Å²) >= 11 is 3.62. The minimum absolute atomic E-state index is 0.0867. The van der Waals surface area contributed by atoms with E-state index in [0.717, 1.165) is 12.8 Å². The number of hydrogen-bond acceptors (Lipinski definition) is 8. The van der Waals surface area contributed by atoms with Gasteiger partial charge in [-0.05, 0) is 62.1 Å². The number of ether oxygens (including phenoxy) is 3. The van der Waals surface area contributed by atoms with Crippen molar-refractivity contribution in [1.29, 1.82) is 0 Å². The number of nitrogens with one attached hydrogen (secondary N) is 1. The van der Waals surface area contributed by atoms with Crippen molar-refractivity contribution in [1.82, 2.24) is 10.2 Å². The van der Waals surface area contributed by atoms with Crippen LogP contribution in [0.2, 0.25) is 0 Å². The van der Waals surface area contributed by atoms with Crippen LogP contribution in [0.3, 0.4) is 0 Å². The van der Waals surface area contributed by atoms with Crippen molar-refractivity contribution in [3.8, 4) is 5.75 Å². The number of rotatable bonds is 9. The first-order valence-corrected chi connectivity index (χ1v) is 18.1. The molecule has 2 N–H and O–H groups in total. The Hall–Kier alpha value is -4.00. The number of allylic oxidation sites excluding steroid dienone is 1. The lowest BCUT2D eigenvalue weighted by Crippen LogP contribution is -2.56. The first-order valence-electron chi connectivity index (χ1n) is 17.3. The normalized spacial score (nSPS) is 30.5. The van der Waals surface area contributed by atoms with E-state index in [1.54, 1.807) is 54.2 Å². The van der Waals surface area contributed by atoms with Crippen molar-refractivity contribution in [3.63, 3.8) is 0 Å². The van der Waals surface area contributed by atoms with Crippen LogP contribution < -0.4 is 15.0 Å². The molecule has 12 heteroatoms. The molecule has 3 amide bonds. The van der Waals surface area contributed by atoms with Crippen LogP contribution in [0.4, 0.5) is 5.69 Å². The maximum Gasteiger partial charge on any atom is 0.313 e. The number of methoxy groups -OCH3 is 1.